The topological polar surface area (TPSA) is 87.7 Å². The molecule has 0 aliphatic heterocycles. The molecule has 0 fully saturated rings. The summed E-state index contributed by atoms with van der Waals surface area (Å²) in [6, 6.07) is 3.95. The van der Waals surface area contributed by atoms with Crippen LogP contribution in [0.15, 0.2) is 17.8 Å². The van der Waals surface area contributed by atoms with Crippen molar-refractivity contribution in [3.63, 3.8) is 0 Å². The Hall–Kier alpha value is -2.27. The van der Waals surface area contributed by atoms with Crippen LogP contribution in [-0.2, 0) is 0 Å². The molecule has 1 amide bonds. The van der Waals surface area contributed by atoms with Gasteiger partial charge in [-0.05, 0) is 35.7 Å². The molecule has 0 spiro atoms. The Morgan fingerprint density at radius 1 is 1.65 bits per heavy atom. The lowest BCUT2D eigenvalue weighted by Crippen LogP contribution is -2.34. The maximum atomic E-state index is 12.5. The average Bonchev–Trinajstić information content (AvgIpc) is 3.12. The van der Waals surface area contributed by atoms with Crippen molar-refractivity contribution >= 4 is 17.2 Å². The number of tetrazole rings is 1. The zero-order valence-electron chi connectivity index (χ0n) is 11.2. The summed E-state index contributed by atoms with van der Waals surface area (Å²) in [5.41, 5.74) is 0.660. The van der Waals surface area contributed by atoms with Crippen molar-refractivity contribution in [2.45, 2.75) is 13.8 Å². The molecule has 2 aromatic rings. The zero-order valence-corrected chi connectivity index (χ0v) is 12.0. The van der Waals surface area contributed by atoms with E-state index in [2.05, 4.69) is 21.6 Å². The lowest BCUT2D eigenvalue weighted by atomic mass is 10.2. The molecule has 1 atom stereocenters. The van der Waals surface area contributed by atoms with Crippen molar-refractivity contribution in [2.24, 2.45) is 5.92 Å². The third-order valence-corrected chi connectivity index (χ3v) is 3.71. The number of hydrogen-bond acceptors (Lipinski definition) is 6. The van der Waals surface area contributed by atoms with Crippen molar-refractivity contribution in [2.75, 3.05) is 13.1 Å². The molecule has 0 aromatic carbocycles. The van der Waals surface area contributed by atoms with Gasteiger partial charge in [-0.15, -0.1) is 16.4 Å². The van der Waals surface area contributed by atoms with Crippen LogP contribution in [0.1, 0.15) is 23.5 Å². The highest BCUT2D eigenvalue weighted by Crippen LogP contribution is 2.22. The number of thiophene rings is 1. The van der Waals surface area contributed by atoms with E-state index in [0.29, 0.717) is 23.7 Å². The smallest absolute Gasteiger partial charge is 0.266 e. The monoisotopic (exact) mass is 290 g/mol. The summed E-state index contributed by atoms with van der Waals surface area (Å²) in [6.45, 7) is 4.66. The minimum Gasteiger partial charge on any atom is -0.337 e. The number of carbonyl (C=O) groups is 1. The van der Waals surface area contributed by atoms with Crippen LogP contribution >= 0.6 is 11.3 Å². The van der Waals surface area contributed by atoms with Gasteiger partial charge in [0, 0.05) is 13.1 Å². The van der Waals surface area contributed by atoms with E-state index in [1.54, 1.807) is 17.9 Å². The molecule has 0 aliphatic carbocycles. The summed E-state index contributed by atoms with van der Waals surface area (Å²) < 4.78 is 1.46. The Balaban J connectivity index is 2.25. The molecule has 0 radical (unpaired) electrons. The van der Waals surface area contributed by atoms with Crippen LogP contribution in [0.3, 0.4) is 0 Å². The number of carbonyl (C=O) groups excluding carboxylic acids is 1. The fourth-order valence-corrected chi connectivity index (χ4v) is 2.63. The molecular weight excluding hydrogens is 276 g/mol. The van der Waals surface area contributed by atoms with Crippen LogP contribution < -0.4 is 0 Å². The van der Waals surface area contributed by atoms with E-state index in [1.807, 2.05) is 12.3 Å². The minimum absolute atomic E-state index is 0.102. The first-order valence-corrected chi connectivity index (χ1v) is 7.05. The van der Waals surface area contributed by atoms with Crippen LogP contribution in [0.25, 0.3) is 5.69 Å². The summed E-state index contributed by atoms with van der Waals surface area (Å²) in [5.74, 6) is -0.301. The van der Waals surface area contributed by atoms with Gasteiger partial charge < -0.3 is 4.90 Å². The Morgan fingerprint density at radius 3 is 3.05 bits per heavy atom. The Bertz CT molecular complexity index is 614. The van der Waals surface area contributed by atoms with Gasteiger partial charge in [0.25, 0.3) is 5.91 Å². The van der Waals surface area contributed by atoms with Crippen LogP contribution in [0.4, 0.5) is 0 Å². The zero-order chi connectivity index (χ0) is 14.5. The van der Waals surface area contributed by atoms with Gasteiger partial charge in [0.2, 0.25) is 0 Å². The van der Waals surface area contributed by atoms with Gasteiger partial charge in [0.1, 0.15) is 11.2 Å². The van der Waals surface area contributed by atoms with Gasteiger partial charge in [-0.25, -0.2) is 0 Å². The van der Waals surface area contributed by atoms with E-state index in [0.717, 1.165) is 0 Å². The first-order chi connectivity index (χ1) is 9.67. The van der Waals surface area contributed by atoms with E-state index in [1.165, 1.54) is 22.3 Å². The fraction of sp³-hybridized carbons (Fsp3) is 0.417. The normalized spacial score (nSPS) is 11.8. The Labute approximate surface area is 120 Å². The van der Waals surface area contributed by atoms with Crippen molar-refractivity contribution < 1.29 is 4.79 Å². The lowest BCUT2D eigenvalue weighted by molar-refractivity contribution is 0.0757. The highest BCUT2D eigenvalue weighted by Gasteiger charge is 2.22. The first kappa shape index (κ1) is 14.1. The van der Waals surface area contributed by atoms with Crippen LogP contribution in [0, 0.1) is 17.2 Å². The van der Waals surface area contributed by atoms with E-state index in [9.17, 15) is 4.79 Å². The molecule has 2 aromatic heterocycles. The number of nitrogens with zero attached hydrogens (tertiary/aromatic N) is 6. The summed E-state index contributed by atoms with van der Waals surface area (Å²) >= 11 is 1.34. The molecule has 8 heteroatoms. The molecule has 2 rings (SSSR count). The maximum absolute atomic E-state index is 12.5. The van der Waals surface area contributed by atoms with Crippen molar-refractivity contribution in [1.29, 1.82) is 5.26 Å². The van der Waals surface area contributed by atoms with Crippen LogP contribution in [0.5, 0.6) is 0 Å². The summed E-state index contributed by atoms with van der Waals surface area (Å²) in [4.78, 5) is 14.8. The highest BCUT2D eigenvalue weighted by atomic mass is 32.1. The minimum atomic E-state index is -0.199. The molecule has 0 bridgehead atoms. The van der Waals surface area contributed by atoms with Gasteiger partial charge >= 0.3 is 0 Å². The summed E-state index contributed by atoms with van der Waals surface area (Å²) in [6.07, 6.45) is 1.45. The third-order valence-electron chi connectivity index (χ3n) is 2.82. The molecule has 20 heavy (non-hydrogen) atoms. The van der Waals surface area contributed by atoms with Gasteiger partial charge in [-0.2, -0.15) is 9.94 Å². The Kier molecular flexibility index (Phi) is 4.42. The van der Waals surface area contributed by atoms with Crippen LogP contribution in [0.2, 0.25) is 0 Å². The molecular formula is C12H14N6OS. The van der Waals surface area contributed by atoms with Crippen molar-refractivity contribution in [3.05, 3.63) is 22.7 Å². The summed E-state index contributed by atoms with van der Waals surface area (Å²) in [7, 11) is 0. The first-order valence-electron chi connectivity index (χ1n) is 6.17. The molecule has 0 saturated carbocycles. The van der Waals surface area contributed by atoms with E-state index in [4.69, 9.17) is 5.26 Å². The molecule has 0 N–H and O–H groups in total. The molecule has 104 valence electrons. The molecule has 0 aliphatic rings. The summed E-state index contributed by atoms with van der Waals surface area (Å²) in [5, 5.41) is 21.7. The molecule has 7 nitrogen and oxygen atoms in total. The Morgan fingerprint density at radius 2 is 2.45 bits per heavy atom. The maximum Gasteiger partial charge on any atom is 0.266 e. The SMILES string of the molecule is CCN(C[C@@H](C)C#N)C(=O)c1sccc1-n1cnnn1. The quantitative estimate of drug-likeness (QED) is 0.829. The fourth-order valence-electron chi connectivity index (χ4n) is 1.79. The number of amides is 1. The average molecular weight is 290 g/mol. The predicted octanol–water partition coefficient (Wildman–Crippen LogP) is 1.35. The standard InChI is InChI=1S/C12H14N6OS/c1-3-17(7-9(2)6-13)12(19)11-10(4-5-20-11)18-8-14-15-16-18/h4-5,8-9H,3,7H2,1-2H3/t9-/m0/s1. The van der Waals surface area contributed by atoms with E-state index < -0.39 is 0 Å². The van der Waals surface area contributed by atoms with Crippen molar-refractivity contribution in [1.82, 2.24) is 25.1 Å². The largest absolute Gasteiger partial charge is 0.337 e. The van der Waals surface area contributed by atoms with E-state index >= 15 is 0 Å². The second-order valence-electron chi connectivity index (χ2n) is 4.26. The number of nitriles is 1. The lowest BCUT2D eigenvalue weighted by Gasteiger charge is -2.21. The molecule has 0 unspecified atom stereocenters. The number of aromatic nitrogens is 4. The van der Waals surface area contributed by atoms with Gasteiger partial charge in [0.15, 0.2) is 0 Å². The van der Waals surface area contributed by atoms with Gasteiger partial charge in [-0.3, -0.25) is 4.79 Å². The van der Waals surface area contributed by atoms with Crippen LogP contribution in [-0.4, -0.2) is 44.1 Å². The number of hydrogen-bond donors (Lipinski definition) is 0. The van der Waals surface area contributed by atoms with E-state index in [-0.39, 0.29) is 11.8 Å². The number of rotatable bonds is 5. The van der Waals surface area contributed by atoms with Crippen molar-refractivity contribution in [3.8, 4) is 11.8 Å². The van der Waals surface area contributed by atoms with Gasteiger partial charge in [0.05, 0.1) is 17.7 Å². The highest BCUT2D eigenvalue weighted by molar-refractivity contribution is 7.12. The van der Waals surface area contributed by atoms with Gasteiger partial charge in [-0.1, -0.05) is 0 Å². The molecule has 2 heterocycles. The third kappa shape index (κ3) is 2.83. The second-order valence-corrected chi connectivity index (χ2v) is 5.18. The predicted molar refractivity (Wildman–Crippen MR) is 73.4 cm³/mol. The second kappa shape index (κ2) is 6.25. The molecule has 0 saturated heterocycles.